The predicted molar refractivity (Wildman–Crippen MR) is 64.5 cm³/mol. The van der Waals surface area contributed by atoms with Crippen LogP contribution in [0.2, 0.25) is 0 Å². The van der Waals surface area contributed by atoms with Crippen molar-refractivity contribution in [1.82, 2.24) is 9.78 Å². The van der Waals surface area contributed by atoms with Gasteiger partial charge in [0.15, 0.2) is 0 Å². The van der Waals surface area contributed by atoms with E-state index in [2.05, 4.69) is 43.9 Å². The van der Waals surface area contributed by atoms with Crippen LogP contribution >= 0.6 is 0 Å². The molecule has 0 saturated carbocycles. The Balaban J connectivity index is 2.45. The molecule has 0 atom stereocenters. The van der Waals surface area contributed by atoms with E-state index in [0.717, 1.165) is 18.8 Å². The van der Waals surface area contributed by atoms with Crippen LogP contribution < -0.4 is 0 Å². The molecule has 3 heteroatoms. The molecule has 0 amide bonds. The maximum atomic E-state index is 4.40. The van der Waals surface area contributed by atoms with Crippen molar-refractivity contribution in [2.24, 2.45) is 10.4 Å². The molecule has 0 bridgehead atoms. The quantitative estimate of drug-likeness (QED) is 0.701. The molecule has 1 aromatic rings. The second kappa shape index (κ2) is 4.60. The third-order valence-corrected chi connectivity index (χ3v) is 2.02. The van der Waals surface area contributed by atoms with Gasteiger partial charge in [-0.05, 0) is 25.3 Å². The van der Waals surface area contributed by atoms with Gasteiger partial charge in [-0.3, -0.25) is 9.67 Å². The molecule has 0 aromatic carbocycles. The van der Waals surface area contributed by atoms with E-state index >= 15 is 0 Å². The summed E-state index contributed by atoms with van der Waals surface area (Å²) in [7, 11) is 0. The lowest BCUT2D eigenvalue weighted by Crippen LogP contribution is -2.09. The largest absolute Gasteiger partial charge is 0.295 e. The van der Waals surface area contributed by atoms with Gasteiger partial charge in [-0.2, -0.15) is 5.10 Å². The molecule has 84 valence electrons. The number of rotatable bonds is 3. The highest BCUT2D eigenvalue weighted by Gasteiger charge is 2.04. The average Bonchev–Trinajstić information content (AvgIpc) is 2.37. The Morgan fingerprint density at radius 1 is 1.40 bits per heavy atom. The van der Waals surface area contributed by atoms with Gasteiger partial charge in [-0.1, -0.05) is 20.8 Å². The summed E-state index contributed by atoms with van der Waals surface area (Å²) >= 11 is 0. The van der Waals surface area contributed by atoms with Gasteiger partial charge in [0.05, 0.1) is 18.8 Å². The van der Waals surface area contributed by atoms with Crippen LogP contribution in [0.15, 0.2) is 11.1 Å². The number of aromatic nitrogens is 2. The monoisotopic (exact) mass is 207 g/mol. The molecule has 1 heterocycles. The fraction of sp³-hybridized carbons (Fsp3) is 0.667. The van der Waals surface area contributed by atoms with Crippen LogP contribution in [0.5, 0.6) is 0 Å². The van der Waals surface area contributed by atoms with E-state index in [1.807, 2.05) is 17.8 Å². The van der Waals surface area contributed by atoms with Gasteiger partial charge < -0.3 is 0 Å². The van der Waals surface area contributed by atoms with Gasteiger partial charge >= 0.3 is 0 Å². The van der Waals surface area contributed by atoms with Gasteiger partial charge in [-0.15, -0.1) is 0 Å². The Morgan fingerprint density at radius 2 is 2.07 bits per heavy atom. The maximum Gasteiger partial charge on any atom is 0.0607 e. The molecule has 1 rings (SSSR count). The summed E-state index contributed by atoms with van der Waals surface area (Å²) in [5.41, 5.74) is 2.46. The second-order valence-electron chi connectivity index (χ2n) is 5.05. The first-order valence-corrected chi connectivity index (χ1v) is 5.40. The summed E-state index contributed by atoms with van der Waals surface area (Å²) in [5, 5.41) is 4.39. The molecule has 0 saturated heterocycles. The highest BCUT2D eigenvalue weighted by molar-refractivity contribution is 5.63. The van der Waals surface area contributed by atoms with Crippen molar-refractivity contribution in [1.29, 1.82) is 0 Å². The second-order valence-corrected chi connectivity index (χ2v) is 5.05. The third kappa shape index (κ3) is 4.28. The number of hydrogen-bond donors (Lipinski definition) is 0. The first kappa shape index (κ1) is 12.0. The summed E-state index contributed by atoms with van der Waals surface area (Å²) in [6.45, 7) is 12.2. The first-order valence-electron chi connectivity index (χ1n) is 5.40. The van der Waals surface area contributed by atoms with E-state index < -0.39 is 0 Å². The summed E-state index contributed by atoms with van der Waals surface area (Å²) < 4.78 is 2.01. The third-order valence-electron chi connectivity index (χ3n) is 2.02. The molecule has 3 nitrogen and oxygen atoms in total. The number of aliphatic imine (C=N–C) groups is 1. The highest BCUT2D eigenvalue weighted by atomic mass is 15.3. The minimum absolute atomic E-state index is 0.176. The normalized spacial score (nSPS) is 12.6. The average molecular weight is 207 g/mol. The van der Waals surface area contributed by atoms with Crippen molar-refractivity contribution < 1.29 is 0 Å². The Bertz CT molecular complexity index is 342. The molecular formula is C12H21N3. The molecule has 0 aliphatic carbocycles. The van der Waals surface area contributed by atoms with E-state index in [9.17, 15) is 0 Å². The van der Waals surface area contributed by atoms with Gasteiger partial charge in [0.2, 0.25) is 0 Å². The molecule has 15 heavy (non-hydrogen) atoms. The van der Waals surface area contributed by atoms with Crippen LogP contribution in [0.25, 0.3) is 0 Å². The minimum atomic E-state index is 0.176. The van der Waals surface area contributed by atoms with Gasteiger partial charge in [-0.25, -0.2) is 0 Å². The summed E-state index contributed by atoms with van der Waals surface area (Å²) in [4.78, 5) is 4.40. The van der Waals surface area contributed by atoms with Crippen molar-refractivity contribution >= 4 is 6.21 Å². The van der Waals surface area contributed by atoms with Crippen molar-refractivity contribution in [3.8, 4) is 0 Å². The highest BCUT2D eigenvalue weighted by Crippen LogP contribution is 2.08. The standard InChI is InChI=1S/C12H21N3/c1-10-8-11(2)15(14-10)7-6-13-9-12(3,4)5/h8-9H,6-7H2,1-5H3. The van der Waals surface area contributed by atoms with E-state index in [0.29, 0.717) is 0 Å². The van der Waals surface area contributed by atoms with E-state index in [1.54, 1.807) is 0 Å². The van der Waals surface area contributed by atoms with Crippen LogP contribution in [0.1, 0.15) is 32.2 Å². The SMILES string of the molecule is Cc1cc(C)n(CCN=CC(C)(C)C)n1. The molecule has 0 aliphatic rings. The Labute approximate surface area is 92.2 Å². The number of nitrogens with zero attached hydrogens (tertiary/aromatic N) is 3. The lowest BCUT2D eigenvalue weighted by molar-refractivity contribution is 0.584. The molecule has 0 N–H and O–H groups in total. The summed E-state index contributed by atoms with van der Waals surface area (Å²) in [5.74, 6) is 0. The molecule has 0 spiro atoms. The van der Waals surface area contributed by atoms with Gasteiger partial charge in [0, 0.05) is 11.9 Å². The van der Waals surface area contributed by atoms with E-state index in [1.165, 1.54) is 5.69 Å². The lowest BCUT2D eigenvalue weighted by atomic mass is 9.99. The van der Waals surface area contributed by atoms with Crippen molar-refractivity contribution in [3.63, 3.8) is 0 Å². The first-order chi connectivity index (χ1) is 6.88. The summed E-state index contributed by atoms with van der Waals surface area (Å²) in [6.07, 6.45) is 2.01. The van der Waals surface area contributed by atoms with Crippen molar-refractivity contribution in [2.45, 2.75) is 41.2 Å². The molecule has 0 fully saturated rings. The maximum absolute atomic E-state index is 4.40. The summed E-state index contributed by atoms with van der Waals surface area (Å²) in [6, 6.07) is 2.09. The molecular weight excluding hydrogens is 186 g/mol. The molecule has 0 aliphatic heterocycles. The van der Waals surface area contributed by atoms with Crippen LogP contribution in [0, 0.1) is 19.3 Å². The zero-order valence-corrected chi connectivity index (χ0v) is 10.4. The van der Waals surface area contributed by atoms with Crippen LogP contribution in [-0.2, 0) is 6.54 Å². The molecule has 0 radical (unpaired) electrons. The fourth-order valence-electron chi connectivity index (χ4n) is 1.39. The van der Waals surface area contributed by atoms with Crippen molar-refractivity contribution in [2.75, 3.05) is 6.54 Å². The predicted octanol–water partition coefficient (Wildman–Crippen LogP) is 2.62. The molecule has 0 unspecified atom stereocenters. The van der Waals surface area contributed by atoms with E-state index in [4.69, 9.17) is 0 Å². The number of hydrogen-bond acceptors (Lipinski definition) is 2. The van der Waals surface area contributed by atoms with Crippen LogP contribution in [0.4, 0.5) is 0 Å². The lowest BCUT2D eigenvalue weighted by Gasteiger charge is -2.10. The van der Waals surface area contributed by atoms with Crippen molar-refractivity contribution in [3.05, 3.63) is 17.5 Å². The molecule has 1 aromatic heterocycles. The smallest absolute Gasteiger partial charge is 0.0607 e. The van der Waals surface area contributed by atoms with Gasteiger partial charge in [0.25, 0.3) is 0 Å². The zero-order valence-electron chi connectivity index (χ0n) is 10.4. The topological polar surface area (TPSA) is 30.2 Å². The Kier molecular flexibility index (Phi) is 3.66. The number of aryl methyl sites for hydroxylation is 2. The van der Waals surface area contributed by atoms with Gasteiger partial charge in [0.1, 0.15) is 0 Å². The van der Waals surface area contributed by atoms with E-state index in [-0.39, 0.29) is 5.41 Å². The Morgan fingerprint density at radius 3 is 2.53 bits per heavy atom. The van der Waals surface area contributed by atoms with Crippen LogP contribution in [-0.4, -0.2) is 22.5 Å². The fourth-order valence-corrected chi connectivity index (χ4v) is 1.39. The Hall–Kier alpha value is -1.12. The minimum Gasteiger partial charge on any atom is -0.295 e. The van der Waals surface area contributed by atoms with Crippen LogP contribution in [0.3, 0.4) is 0 Å². The zero-order chi connectivity index (χ0) is 11.5.